The summed E-state index contributed by atoms with van der Waals surface area (Å²) in [5, 5.41) is 31.2. The molecule has 0 spiro atoms. The highest BCUT2D eigenvalue weighted by Crippen LogP contribution is 2.44. The van der Waals surface area contributed by atoms with Gasteiger partial charge in [-0.25, -0.2) is 0 Å². The second-order valence-electron chi connectivity index (χ2n) is 7.30. The second-order valence-corrected chi connectivity index (χ2v) is 7.30. The van der Waals surface area contributed by atoms with Gasteiger partial charge in [-0.2, -0.15) is 0 Å². The number of ether oxygens (including phenoxy) is 1. The van der Waals surface area contributed by atoms with Gasteiger partial charge in [-0.3, -0.25) is 9.59 Å². The Balaban J connectivity index is 1.91. The maximum atomic E-state index is 12.9. The zero-order valence-electron chi connectivity index (χ0n) is 17.1. The average molecular weight is 432 g/mol. The van der Waals surface area contributed by atoms with Gasteiger partial charge in [0.2, 0.25) is 0 Å². The van der Waals surface area contributed by atoms with Gasteiger partial charge >= 0.3 is 5.97 Å². The number of hydrogen-bond donors (Lipinski definition) is 3. The van der Waals surface area contributed by atoms with Gasteiger partial charge < -0.3 is 24.5 Å². The first-order valence-corrected chi connectivity index (χ1v) is 9.83. The maximum Gasteiger partial charge on any atom is 0.306 e. The molecule has 1 unspecified atom stereocenters. The summed E-state index contributed by atoms with van der Waals surface area (Å²) >= 11 is 0. The monoisotopic (exact) mass is 432 g/mol. The van der Waals surface area contributed by atoms with Crippen LogP contribution in [-0.2, 0) is 9.53 Å². The number of rotatable bonds is 5. The van der Waals surface area contributed by atoms with Crippen LogP contribution in [0.5, 0.6) is 17.2 Å². The minimum absolute atomic E-state index is 0.01000. The maximum absolute atomic E-state index is 12.9. The van der Waals surface area contributed by atoms with E-state index in [4.69, 9.17) is 9.15 Å². The standard InChI is InChI=1S/C25H20O7/c1-31-22(29)11-17(14-5-3-2-4-6-14)23-18(27)13-21-24(25(23)30)19(28)12-20(32-21)15-7-9-16(26)10-8-15/h2-10,12-13,17,26-27,30H,11H2,1H3. The van der Waals surface area contributed by atoms with Gasteiger partial charge in [0, 0.05) is 29.2 Å². The summed E-state index contributed by atoms with van der Waals surface area (Å²) in [6.07, 6.45) is -0.149. The summed E-state index contributed by atoms with van der Waals surface area (Å²) in [7, 11) is 1.25. The molecule has 1 atom stereocenters. The fourth-order valence-electron chi connectivity index (χ4n) is 3.74. The van der Waals surface area contributed by atoms with E-state index in [0.717, 1.165) is 0 Å². The number of benzene rings is 3. The quantitative estimate of drug-likeness (QED) is 0.403. The molecule has 1 heterocycles. The van der Waals surface area contributed by atoms with E-state index >= 15 is 0 Å². The topological polar surface area (TPSA) is 117 Å². The minimum atomic E-state index is -0.746. The lowest BCUT2D eigenvalue weighted by Crippen LogP contribution is -2.12. The molecule has 0 radical (unpaired) electrons. The number of carbonyl (C=O) groups excluding carboxylic acids is 1. The van der Waals surface area contributed by atoms with Crippen molar-refractivity contribution >= 4 is 16.9 Å². The number of phenolic OH excluding ortho intramolecular Hbond substituents is 3. The molecule has 4 rings (SSSR count). The lowest BCUT2D eigenvalue weighted by atomic mass is 9.86. The van der Waals surface area contributed by atoms with Crippen LogP contribution in [0.4, 0.5) is 0 Å². The molecule has 1 aromatic heterocycles. The van der Waals surface area contributed by atoms with E-state index in [1.807, 2.05) is 0 Å². The summed E-state index contributed by atoms with van der Waals surface area (Å²) in [6, 6.07) is 17.4. The molecule has 3 aromatic carbocycles. The summed E-state index contributed by atoms with van der Waals surface area (Å²) in [5.41, 5.74) is 0.714. The largest absolute Gasteiger partial charge is 0.508 e. The van der Waals surface area contributed by atoms with E-state index in [2.05, 4.69) is 0 Å². The molecule has 0 bridgehead atoms. The van der Waals surface area contributed by atoms with Crippen molar-refractivity contribution < 1.29 is 29.3 Å². The molecular formula is C25H20O7. The van der Waals surface area contributed by atoms with Gasteiger partial charge in [0.25, 0.3) is 0 Å². The molecule has 0 fully saturated rings. The Morgan fingerprint density at radius 3 is 2.34 bits per heavy atom. The van der Waals surface area contributed by atoms with Crippen molar-refractivity contribution in [1.29, 1.82) is 0 Å². The van der Waals surface area contributed by atoms with E-state index in [1.165, 1.54) is 31.4 Å². The highest BCUT2D eigenvalue weighted by Gasteiger charge is 2.28. The molecule has 0 saturated carbocycles. The zero-order chi connectivity index (χ0) is 22.8. The van der Waals surface area contributed by atoms with Crippen LogP contribution in [0.2, 0.25) is 0 Å². The van der Waals surface area contributed by atoms with Crippen LogP contribution < -0.4 is 5.43 Å². The summed E-state index contributed by atoms with van der Waals surface area (Å²) < 4.78 is 10.6. The van der Waals surface area contributed by atoms with Crippen LogP contribution >= 0.6 is 0 Å². The summed E-state index contributed by atoms with van der Waals surface area (Å²) in [6.45, 7) is 0. The Kier molecular flexibility index (Phi) is 5.55. The number of esters is 1. The fourth-order valence-corrected chi connectivity index (χ4v) is 3.74. The smallest absolute Gasteiger partial charge is 0.306 e. The first kappa shape index (κ1) is 21.0. The number of fused-ring (bicyclic) bond motifs is 1. The number of aromatic hydroxyl groups is 3. The number of hydrogen-bond acceptors (Lipinski definition) is 7. The van der Waals surface area contributed by atoms with Crippen LogP contribution in [0.15, 0.2) is 75.9 Å². The van der Waals surface area contributed by atoms with Crippen LogP contribution in [-0.4, -0.2) is 28.4 Å². The van der Waals surface area contributed by atoms with Gasteiger partial charge in [-0.15, -0.1) is 0 Å². The molecule has 7 heteroatoms. The van der Waals surface area contributed by atoms with E-state index in [1.54, 1.807) is 42.5 Å². The van der Waals surface area contributed by atoms with Crippen molar-refractivity contribution in [3.63, 3.8) is 0 Å². The Labute approximate surface area is 182 Å². The Hall–Kier alpha value is -4.26. The Bertz CT molecular complexity index is 1340. The van der Waals surface area contributed by atoms with Crippen molar-refractivity contribution in [2.45, 2.75) is 12.3 Å². The van der Waals surface area contributed by atoms with Crippen molar-refractivity contribution in [3.8, 4) is 28.6 Å². The highest BCUT2D eigenvalue weighted by atomic mass is 16.5. The molecule has 0 amide bonds. The third-order valence-corrected chi connectivity index (χ3v) is 5.31. The molecule has 162 valence electrons. The van der Waals surface area contributed by atoms with Crippen molar-refractivity contribution in [2.75, 3.05) is 7.11 Å². The predicted molar refractivity (Wildman–Crippen MR) is 118 cm³/mol. The van der Waals surface area contributed by atoms with Crippen LogP contribution in [0.25, 0.3) is 22.3 Å². The first-order valence-electron chi connectivity index (χ1n) is 9.83. The second kappa shape index (κ2) is 8.47. The molecule has 0 aliphatic carbocycles. The molecule has 7 nitrogen and oxygen atoms in total. The van der Waals surface area contributed by atoms with E-state index < -0.39 is 23.1 Å². The molecule has 4 aromatic rings. The highest BCUT2D eigenvalue weighted by molar-refractivity contribution is 5.89. The van der Waals surface area contributed by atoms with Crippen molar-refractivity contribution in [3.05, 3.63) is 88.1 Å². The lowest BCUT2D eigenvalue weighted by Gasteiger charge is -2.20. The van der Waals surface area contributed by atoms with Crippen LogP contribution in [0, 0.1) is 0 Å². The molecule has 3 N–H and O–H groups in total. The molecule has 0 aliphatic rings. The number of phenols is 3. The van der Waals surface area contributed by atoms with E-state index in [0.29, 0.717) is 11.1 Å². The first-order chi connectivity index (χ1) is 15.4. The predicted octanol–water partition coefficient (Wildman–Crippen LogP) is 4.27. The normalized spacial score (nSPS) is 11.9. The van der Waals surface area contributed by atoms with Crippen LogP contribution in [0.1, 0.15) is 23.5 Å². The number of methoxy groups -OCH3 is 1. The van der Waals surface area contributed by atoms with Crippen LogP contribution in [0.3, 0.4) is 0 Å². The van der Waals surface area contributed by atoms with E-state index in [-0.39, 0.29) is 40.2 Å². The molecule has 0 aliphatic heterocycles. The van der Waals surface area contributed by atoms with Gasteiger partial charge in [-0.1, -0.05) is 30.3 Å². The molecular weight excluding hydrogens is 412 g/mol. The summed E-state index contributed by atoms with van der Waals surface area (Å²) in [4.78, 5) is 25.0. The number of carbonyl (C=O) groups is 1. The molecule has 32 heavy (non-hydrogen) atoms. The zero-order valence-corrected chi connectivity index (χ0v) is 17.1. The van der Waals surface area contributed by atoms with Crippen molar-refractivity contribution in [2.24, 2.45) is 0 Å². The lowest BCUT2D eigenvalue weighted by molar-refractivity contribution is -0.140. The van der Waals surface area contributed by atoms with E-state index in [9.17, 15) is 24.9 Å². The average Bonchev–Trinajstić information content (AvgIpc) is 2.78. The Morgan fingerprint density at radius 2 is 1.69 bits per heavy atom. The van der Waals surface area contributed by atoms with Gasteiger partial charge in [-0.05, 0) is 29.8 Å². The fraction of sp³-hybridized carbons (Fsp3) is 0.120. The van der Waals surface area contributed by atoms with Crippen molar-refractivity contribution in [1.82, 2.24) is 0 Å². The third kappa shape index (κ3) is 3.88. The van der Waals surface area contributed by atoms with Gasteiger partial charge in [0.05, 0.1) is 13.5 Å². The van der Waals surface area contributed by atoms with Gasteiger partial charge in [0.15, 0.2) is 5.43 Å². The SMILES string of the molecule is COC(=O)CC(c1ccccc1)c1c(O)cc2oc(-c3ccc(O)cc3)cc(=O)c2c1O. The Morgan fingerprint density at radius 1 is 1.00 bits per heavy atom. The van der Waals surface area contributed by atoms with Gasteiger partial charge in [0.1, 0.15) is 34.0 Å². The minimum Gasteiger partial charge on any atom is -0.508 e. The third-order valence-electron chi connectivity index (χ3n) is 5.31. The molecule has 0 saturated heterocycles. The summed E-state index contributed by atoms with van der Waals surface area (Å²) in [5.74, 6) is -1.78.